The van der Waals surface area contributed by atoms with Crippen molar-refractivity contribution in [2.75, 3.05) is 31.1 Å². The molecule has 2 aromatic rings. The smallest absolute Gasteiger partial charge is 0.253 e. The van der Waals surface area contributed by atoms with Crippen molar-refractivity contribution in [1.82, 2.24) is 9.80 Å². The predicted octanol–water partition coefficient (Wildman–Crippen LogP) is 4.61. The van der Waals surface area contributed by atoms with E-state index in [4.69, 9.17) is 16.3 Å². The molecule has 3 amide bonds. The number of ether oxygens (including phenoxy) is 1. The molecule has 3 fully saturated rings. The van der Waals surface area contributed by atoms with Crippen LogP contribution in [0, 0.1) is 11.8 Å². The fraction of sp³-hybridized carbons (Fsp3) is 0.441. The van der Waals surface area contributed by atoms with E-state index >= 15 is 0 Å². The molecule has 0 aliphatic carbocycles. The van der Waals surface area contributed by atoms with Gasteiger partial charge >= 0.3 is 0 Å². The lowest BCUT2D eigenvalue weighted by atomic mass is 9.64. The maximum Gasteiger partial charge on any atom is 0.253 e. The number of benzene rings is 2. The molecule has 5 atom stereocenters. The number of fused-ring (bicyclic) bond motifs is 1. The fourth-order valence-electron chi connectivity index (χ4n) is 7.50. The number of carbonyl (C=O) groups is 3. The quantitative estimate of drug-likeness (QED) is 0.337. The van der Waals surface area contributed by atoms with Crippen molar-refractivity contribution >= 4 is 35.0 Å². The number of hydrogen-bond donors (Lipinski definition) is 1. The minimum Gasteiger partial charge on any atom is -0.396 e. The van der Waals surface area contributed by atoms with Gasteiger partial charge in [-0.1, -0.05) is 73.1 Å². The van der Waals surface area contributed by atoms with Crippen molar-refractivity contribution in [3.63, 3.8) is 0 Å². The Morgan fingerprint density at radius 3 is 2.42 bits per heavy atom. The number of aliphatic hydroxyl groups is 1. The van der Waals surface area contributed by atoms with Crippen molar-refractivity contribution in [3.05, 3.63) is 90.5 Å². The first-order valence-electron chi connectivity index (χ1n) is 15.0. The Hall–Kier alpha value is -3.46. The molecule has 0 saturated carbocycles. The number of amides is 3. The van der Waals surface area contributed by atoms with Crippen LogP contribution in [0.15, 0.2) is 79.9 Å². The fourth-order valence-corrected chi connectivity index (χ4v) is 7.74. The third kappa shape index (κ3) is 5.19. The average molecular weight is 606 g/mol. The van der Waals surface area contributed by atoms with Gasteiger partial charge in [0.2, 0.25) is 11.8 Å². The van der Waals surface area contributed by atoms with Crippen LogP contribution in [0.5, 0.6) is 0 Å². The largest absolute Gasteiger partial charge is 0.396 e. The number of hydrogen-bond acceptors (Lipinski definition) is 5. The number of carbonyl (C=O) groups excluding carboxylic acids is 3. The maximum atomic E-state index is 14.7. The summed E-state index contributed by atoms with van der Waals surface area (Å²) in [6, 6.07) is 15.8. The zero-order valence-corrected chi connectivity index (χ0v) is 25.4. The summed E-state index contributed by atoms with van der Waals surface area (Å²) in [7, 11) is 0. The molecule has 228 valence electrons. The van der Waals surface area contributed by atoms with Crippen molar-refractivity contribution < 1.29 is 24.2 Å². The summed E-state index contributed by atoms with van der Waals surface area (Å²) in [6.07, 6.45) is 5.16. The monoisotopic (exact) mass is 605 g/mol. The number of nitrogens with zero attached hydrogens (tertiary/aromatic N) is 3. The molecule has 1 spiro atoms. The van der Waals surface area contributed by atoms with Gasteiger partial charge in [0.1, 0.15) is 11.6 Å². The van der Waals surface area contributed by atoms with E-state index < -0.39 is 29.1 Å². The van der Waals surface area contributed by atoms with Crippen LogP contribution in [0.25, 0.3) is 0 Å². The van der Waals surface area contributed by atoms with Crippen molar-refractivity contribution in [2.24, 2.45) is 11.8 Å². The summed E-state index contributed by atoms with van der Waals surface area (Å²) in [6.45, 7) is 10.6. The van der Waals surface area contributed by atoms with Crippen LogP contribution in [0.2, 0.25) is 5.02 Å². The molecule has 8 nitrogen and oxygen atoms in total. The Bertz CT molecular complexity index is 1390. The van der Waals surface area contributed by atoms with Gasteiger partial charge in [-0.15, -0.1) is 13.2 Å². The molecule has 3 saturated heterocycles. The second-order valence-electron chi connectivity index (χ2n) is 11.6. The number of aliphatic hydroxyl groups excluding tert-OH is 1. The van der Waals surface area contributed by atoms with Crippen LogP contribution in [-0.4, -0.2) is 76.1 Å². The predicted molar refractivity (Wildman–Crippen MR) is 166 cm³/mol. The van der Waals surface area contributed by atoms with Gasteiger partial charge in [-0.2, -0.15) is 0 Å². The number of rotatable bonds is 13. The summed E-state index contributed by atoms with van der Waals surface area (Å²) in [5.74, 6) is -2.38. The van der Waals surface area contributed by atoms with Gasteiger partial charge in [0.15, 0.2) is 0 Å². The van der Waals surface area contributed by atoms with Gasteiger partial charge < -0.3 is 24.5 Å². The van der Waals surface area contributed by atoms with Gasteiger partial charge in [0.05, 0.1) is 28.1 Å². The molecular weight excluding hydrogens is 566 g/mol. The molecule has 3 aliphatic rings. The molecule has 0 radical (unpaired) electrons. The number of para-hydroxylation sites is 1. The molecule has 1 N–H and O–H groups in total. The van der Waals surface area contributed by atoms with Crippen LogP contribution in [0.3, 0.4) is 0 Å². The molecule has 5 rings (SSSR count). The van der Waals surface area contributed by atoms with Gasteiger partial charge in [-0.05, 0) is 43.4 Å². The Balaban J connectivity index is 1.58. The second kappa shape index (κ2) is 12.6. The van der Waals surface area contributed by atoms with E-state index in [0.717, 1.165) is 5.56 Å². The molecule has 0 aromatic heterocycles. The Morgan fingerprint density at radius 2 is 1.77 bits per heavy atom. The van der Waals surface area contributed by atoms with Crippen LogP contribution in [0.1, 0.15) is 38.2 Å². The van der Waals surface area contributed by atoms with E-state index in [1.54, 1.807) is 46.2 Å². The first kappa shape index (κ1) is 31.0. The van der Waals surface area contributed by atoms with E-state index in [0.29, 0.717) is 49.5 Å². The Kier molecular flexibility index (Phi) is 9.11. The highest BCUT2D eigenvalue weighted by atomic mass is 35.5. The van der Waals surface area contributed by atoms with E-state index in [2.05, 4.69) is 13.2 Å². The molecule has 2 aromatic carbocycles. The third-order valence-corrected chi connectivity index (χ3v) is 9.66. The van der Waals surface area contributed by atoms with Crippen molar-refractivity contribution in [1.29, 1.82) is 0 Å². The van der Waals surface area contributed by atoms with Crippen LogP contribution in [-0.2, 0) is 25.7 Å². The molecule has 2 bridgehead atoms. The Labute approximate surface area is 258 Å². The summed E-state index contributed by atoms with van der Waals surface area (Å²) in [5, 5.41) is 10.1. The van der Waals surface area contributed by atoms with E-state index in [9.17, 15) is 19.5 Å². The van der Waals surface area contributed by atoms with Crippen LogP contribution >= 0.6 is 11.6 Å². The molecule has 9 heteroatoms. The highest BCUT2D eigenvalue weighted by Gasteiger charge is 2.79. The van der Waals surface area contributed by atoms with Crippen molar-refractivity contribution in [2.45, 2.75) is 56.4 Å². The lowest BCUT2D eigenvalue weighted by molar-refractivity contribution is -0.151. The van der Waals surface area contributed by atoms with E-state index in [1.165, 1.54) is 4.90 Å². The first-order valence-corrected chi connectivity index (χ1v) is 15.4. The van der Waals surface area contributed by atoms with E-state index in [1.807, 2.05) is 37.3 Å². The summed E-state index contributed by atoms with van der Waals surface area (Å²) >= 11 is 6.55. The summed E-state index contributed by atoms with van der Waals surface area (Å²) < 4.78 is 6.94. The number of anilines is 1. The molecular formula is C34H40ClN3O5. The first-order chi connectivity index (χ1) is 20.8. The molecule has 3 heterocycles. The maximum absolute atomic E-state index is 14.7. The average Bonchev–Trinajstić information content (AvgIpc) is 3.62. The van der Waals surface area contributed by atoms with Crippen LogP contribution < -0.4 is 4.90 Å². The normalized spacial score (nSPS) is 27.2. The molecule has 43 heavy (non-hydrogen) atoms. The lowest BCUT2D eigenvalue weighted by Crippen LogP contribution is -2.56. The van der Waals surface area contributed by atoms with Gasteiger partial charge in [-0.25, -0.2) is 0 Å². The van der Waals surface area contributed by atoms with Crippen LogP contribution in [0.4, 0.5) is 5.69 Å². The van der Waals surface area contributed by atoms with Gasteiger partial charge in [-0.3, -0.25) is 14.4 Å². The summed E-state index contributed by atoms with van der Waals surface area (Å²) in [4.78, 5) is 48.5. The Morgan fingerprint density at radius 1 is 1.07 bits per heavy atom. The number of likely N-dealkylation sites (tertiary alicyclic amines) is 1. The minimum absolute atomic E-state index is 0.143. The van der Waals surface area contributed by atoms with E-state index in [-0.39, 0.29) is 37.4 Å². The zero-order chi connectivity index (χ0) is 30.8. The third-order valence-electron chi connectivity index (χ3n) is 9.34. The minimum atomic E-state index is -1.19. The zero-order valence-electron chi connectivity index (χ0n) is 24.7. The highest BCUT2D eigenvalue weighted by Crippen LogP contribution is 2.64. The van der Waals surface area contributed by atoms with Gasteiger partial charge in [0.25, 0.3) is 5.91 Å². The standard InChI is InChI=1S/C34H40ClN3O5/c1-4-19-36(23-24-13-8-7-9-14-24)30(40)27-28-31(41)38(21-12-22-39)29(34(28)18-17-33(27,6-3)43-34)32(42)37(20-5-2)26-16-11-10-15-25(26)35/h4-5,7-11,13-16,27-29,39H,1-2,6,12,17-23H2,3H3/t27-,28+,29?,33+,34?/m1/s1. The van der Waals surface area contributed by atoms with Gasteiger partial charge in [0, 0.05) is 32.8 Å². The van der Waals surface area contributed by atoms with Crippen molar-refractivity contribution in [3.8, 4) is 0 Å². The number of halogens is 1. The lowest BCUT2D eigenvalue weighted by Gasteiger charge is -2.37. The highest BCUT2D eigenvalue weighted by molar-refractivity contribution is 6.34. The SMILES string of the molecule is C=CCN(Cc1ccccc1)C(=O)[C@H]1[C@H]2C(=O)N(CCCO)C(C(=O)N(CC=C)c3ccccc3Cl)C23CC[C@]1(CC)O3. The topological polar surface area (TPSA) is 90.4 Å². The summed E-state index contributed by atoms with van der Waals surface area (Å²) in [5.41, 5.74) is -0.582. The molecule has 2 unspecified atom stereocenters. The second-order valence-corrected chi connectivity index (χ2v) is 12.0. The molecule has 3 aliphatic heterocycles.